The van der Waals surface area contributed by atoms with E-state index in [0.717, 1.165) is 30.1 Å². The summed E-state index contributed by atoms with van der Waals surface area (Å²) in [4.78, 5) is 2.63. The molecule has 2 bridgehead atoms. The van der Waals surface area contributed by atoms with Gasteiger partial charge in [0.15, 0.2) is 0 Å². The molecule has 2 heterocycles. The minimum Gasteiger partial charge on any atom is -0.298 e. The van der Waals surface area contributed by atoms with Gasteiger partial charge in [-0.3, -0.25) is 9.11 Å². The van der Waals surface area contributed by atoms with E-state index in [1.807, 2.05) is 0 Å². The van der Waals surface area contributed by atoms with Gasteiger partial charge in [0.1, 0.15) is 0 Å². The molecule has 2 aliphatic heterocycles. The fourth-order valence-electron chi connectivity index (χ4n) is 3.66. The molecule has 16 heavy (non-hydrogen) atoms. The first kappa shape index (κ1) is 11.2. The number of hydrogen-bond donors (Lipinski definition) is 0. The molecule has 1 aliphatic carbocycles. The normalized spacial score (nSPS) is 47.6. The summed E-state index contributed by atoms with van der Waals surface area (Å²) in [6.45, 7) is 7.12. The molecular weight excluding hydrogens is 218 g/mol. The maximum atomic E-state index is 11.6. The van der Waals surface area contributed by atoms with Crippen molar-refractivity contribution in [3.63, 3.8) is 0 Å². The molecule has 1 saturated carbocycles. The summed E-state index contributed by atoms with van der Waals surface area (Å²) in [6.07, 6.45) is 4.09. The predicted octanol–water partition coefficient (Wildman–Crippen LogP) is 1.87. The fourth-order valence-corrected chi connectivity index (χ4v) is 5.46. The van der Waals surface area contributed by atoms with Crippen LogP contribution < -0.4 is 0 Å². The van der Waals surface area contributed by atoms with E-state index in [0.29, 0.717) is 11.3 Å². The average molecular weight is 241 g/mol. The molecule has 2 saturated heterocycles. The minimum atomic E-state index is -0.486. The Balaban J connectivity index is 1.47. The summed E-state index contributed by atoms with van der Waals surface area (Å²) in [6, 6.07) is 0.670. The van der Waals surface area contributed by atoms with Gasteiger partial charge in [-0.05, 0) is 37.0 Å². The average Bonchev–Trinajstić information content (AvgIpc) is 2.68. The van der Waals surface area contributed by atoms with Crippen molar-refractivity contribution in [1.29, 1.82) is 0 Å². The van der Waals surface area contributed by atoms with Crippen LogP contribution in [0.5, 0.6) is 0 Å². The van der Waals surface area contributed by atoms with Gasteiger partial charge in [-0.1, -0.05) is 13.8 Å². The lowest BCUT2D eigenvalue weighted by molar-refractivity contribution is 0.0925. The van der Waals surface area contributed by atoms with Gasteiger partial charge in [0, 0.05) is 40.9 Å². The van der Waals surface area contributed by atoms with Crippen LogP contribution in [0.25, 0.3) is 0 Å². The smallest absolute Gasteiger partial charge is 0.0491 e. The van der Waals surface area contributed by atoms with Crippen molar-refractivity contribution in [2.45, 2.75) is 44.4 Å². The Labute approximate surface area is 101 Å². The number of likely N-dealkylation sites (tertiary alicyclic amines) is 1. The van der Waals surface area contributed by atoms with Crippen LogP contribution in [0.2, 0.25) is 0 Å². The molecule has 0 aromatic heterocycles. The topological polar surface area (TPSA) is 20.3 Å². The molecule has 0 aromatic rings. The van der Waals surface area contributed by atoms with E-state index >= 15 is 0 Å². The number of nitrogens with zero attached hydrogens (tertiary/aromatic N) is 1. The Morgan fingerprint density at radius 3 is 2.56 bits per heavy atom. The summed E-state index contributed by atoms with van der Waals surface area (Å²) in [5.41, 5.74) is 0. The molecule has 0 amide bonds. The molecule has 92 valence electrons. The maximum Gasteiger partial charge on any atom is 0.0491 e. The molecule has 0 unspecified atom stereocenters. The van der Waals surface area contributed by atoms with Crippen LogP contribution in [0.4, 0.5) is 0 Å². The summed E-state index contributed by atoms with van der Waals surface area (Å²) >= 11 is 0. The van der Waals surface area contributed by atoms with Gasteiger partial charge in [-0.2, -0.15) is 0 Å². The van der Waals surface area contributed by atoms with Crippen molar-refractivity contribution in [3.8, 4) is 0 Å². The van der Waals surface area contributed by atoms with Crippen molar-refractivity contribution < 1.29 is 4.21 Å². The first-order valence-electron chi connectivity index (χ1n) is 6.74. The van der Waals surface area contributed by atoms with Gasteiger partial charge < -0.3 is 0 Å². The lowest BCUT2D eigenvalue weighted by atomic mass is 9.69. The lowest BCUT2D eigenvalue weighted by Crippen LogP contribution is -2.44. The standard InChI is InChI=1S/C13H23NOS/c1-9(2)11-3-10(4-11)6-14-7-13-5-12(14)8-16(13)15/h9-13H,3-8H2,1-2H3/t10?,11?,12-,13-,16-/m0/s1. The third-order valence-corrected chi connectivity index (χ3v) is 6.72. The Morgan fingerprint density at radius 2 is 2.06 bits per heavy atom. The number of hydrogen-bond acceptors (Lipinski definition) is 2. The minimum absolute atomic E-state index is 0.486. The van der Waals surface area contributed by atoms with Gasteiger partial charge in [-0.25, -0.2) is 0 Å². The van der Waals surface area contributed by atoms with Gasteiger partial charge in [-0.15, -0.1) is 0 Å². The van der Waals surface area contributed by atoms with Crippen LogP contribution in [0.1, 0.15) is 33.1 Å². The van der Waals surface area contributed by atoms with Gasteiger partial charge in [0.25, 0.3) is 0 Å². The predicted molar refractivity (Wildman–Crippen MR) is 67.8 cm³/mol. The molecule has 3 heteroatoms. The largest absolute Gasteiger partial charge is 0.298 e. The Kier molecular flexibility index (Phi) is 2.87. The summed E-state index contributed by atoms with van der Waals surface area (Å²) in [7, 11) is -0.486. The van der Waals surface area contributed by atoms with Crippen molar-refractivity contribution in [1.82, 2.24) is 4.90 Å². The molecule has 0 spiro atoms. The van der Waals surface area contributed by atoms with Gasteiger partial charge in [0.2, 0.25) is 0 Å². The maximum absolute atomic E-state index is 11.6. The van der Waals surface area contributed by atoms with Crippen molar-refractivity contribution in [2.24, 2.45) is 17.8 Å². The van der Waals surface area contributed by atoms with Crippen molar-refractivity contribution in [3.05, 3.63) is 0 Å². The first-order valence-corrected chi connectivity index (χ1v) is 8.13. The second kappa shape index (κ2) is 4.09. The lowest BCUT2D eigenvalue weighted by Gasteiger charge is -2.41. The molecule has 3 rings (SSSR count). The molecule has 3 aliphatic rings. The molecule has 0 N–H and O–H groups in total. The highest BCUT2D eigenvalue weighted by Crippen LogP contribution is 2.41. The zero-order valence-electron chi connectivity index (χ0n) is 10.4. The number of rotatable bonds is 3. The zero-order chi connectivity index (χ0) is 11.3. The third kappa shape index (κ3) is 1.86. The van der Waals surface area contributed by atoms with Crippen LogP contribution in [0.15, 0.2) is 0 Å². The summed E-state index contributed by atoms with van der Waals surface area (Å²) in [5.74, 6) is 3.77. The highest BCUT2D eigenvalue weighted by molar-refractivity contribution is 7.86. The van der Waals surface area contributed by atoms with Crippen LogP contribution in [-0.2, 0) is 10.8 Å². The van der Waals surface area contributed by atoms with Crippen LogP contribution in [-0.4, -0.2) is 39.2 Å². The Hall–Kier alpha value is 0.110. The van der Waals surface area contributed by atoms with E-state index < -0.39 is 10.8 Å². The monoisotopic (exact) mass is 241 g/mol. The highest BCUT2D eigenvalue weighted by atomic mass is 32.2. The van der Waals surface area contributed by atoms with Crippen molar-refractivity contribution in [2.75, 3.05) is 18.8 Å². The van der Waals surface area contributed by atoms with E-state index in [1.165, 1.54) is 25.8 Å². The summed E-state index contributed by atoms with van der Waals surface area (Å²) in [5, 5.41) is 0.519. The Morgan fingerprint density at radius 1 is 1.31 bits per heavy atom. The molecule has 0 radical (unpaired) electrons. The van der Waals surface area contributed by atoms with Crippen LogP contribution in [0, 0.1) is 17.8 Å². The SMILES string of the molecule is CC(C)C1CC(CN2C[C@@H]3C[C@H]2C[S@@]3=O)C1. The number of fused-ring (bicyclic) bond motifs is 2. The highest BCUT2D eigenvalue weighted by Gasteiger charge is 2.44. The van der Waals surface area contributed by atoms with Gasteiger partial charge in [0.05, 0.1) is 0 Å². The third-order valence-electron chi connectivity index (χ3n) is 4.93. The molecule has 3 atom stereocenters. The summed E-state index contributed by atoms with van der Waals surface area (Å²) < 4.78 is 11.6. The van der Waals surface area contributed by atoms with E-state index in [1.54, 1.807) is 0 Å². The second-order valence-electron chi connectivity index (χ2n) is 6.35. The van der Waals surface area contributed by atoms with Gasteiger partial charge >= 0.3 is 0 Å². The van der Waals surface area contributed by atoms with E-state index in [-0.39, 0.29) is 0 Å². The second-order valence-corrected chi connectivity index (χ2v) is 8.12. The van der Waals surface area contributed by atoms with Crippen LogP contribution >= 0.6 is 0 Å². The van der Waals surface area contributed by atoms with Crippen LogP contribution in [0.3, 0.4) is 0 Å². The zero-order valence-corrected chi connectivity index (χ0v) is 11.2. The fraction of sp³-hybridized carbons (Fsp3) is 1.00. The molecular formula is C13H23NOS. The van der Waals surface area contributed by atoms with Crippen molar-refractivity contribution >= 4 is 10.8 Å². The molecule has 0 aromatic carbocycles. The quantitative estimate of drug-likeness (QED) is 0.752. The van der Waals surface area contributed by atoms with E-state index in [9.17, 15) is 4.21 Å². The first-order chi connectivity index (χ1) is 7.63. The molecule has 2 nitrogen and oxygen atoms in total. The Bertz CT molecular complexity index is 298. The molecule has 3 fully saturated rings. The van der Waals surface area contributed by atoms with E-state index in [4.69, 9.17) is 0 Å². The van der Waals surface area contributed by atoms with E-state index in [2.05, 4.69) is 18.7 Å².